The Kier molecular flexibility index (Phi) is 6.16. The number of hydrogen-bond donors (Lipinski definition) is 1. The summed E-state index contributed by atoms with van der Waals surface area (Å²) < 4.78 is 29.4. The molecule has 0 aromatic heterocycles. The lowest BCUT2D eigenvalue weighted by Gasteiger charge is -2.34. The Balaban J connectivity index is 1.47. The molecule has 1 N–H and O–H groups in total. The number of halogens is 1. The molecule has 0 bridgehead atoms. The maximum atomic E-state index is 12.4. The van der Waals surface area contributed by atoms with Gasteiger partial charge in [-0.1, -0.05) is 30.2 Å². The Morgan fingerprint density at radius 3 is 2.25 bits per heavy atom. The van der Waals surface area contributed by atoms with Gasteiger partial charge in [-0.25, -0.2) is 0 Å². The molecule has 0 atom stereocenters. The predicted octanol–water partition coefficient (Wildman–Crippen LogP) is 2.62. The molecule has 1 aromatic rings. The van der Waals surface area contributed by atoms with E-state index in [1.165, 1.54) is 5.56 Å². The van der Waals surface area contributed by atoms with Crippen LogP contribution >= 0.6 is 11.6 Å². The van der Waals surface area contributed by atoms with E-state index in [9.17, 15) is 8.42 Å². The standard InChI is InChI=1S/C17H26ClN3O2S/c18-16-6-4-15(5-7-16)14-20-12-8-17(9-13-20)19-24(22,23)21-10-2-1-3-11-21/h4-7,17,19H,1-3,8-14H2. The molecule has 0 radical (unpaired) electrons. The van der Waals surface area contributed by atoms with Crippen molar-refractivity contribution in [2.45, 2.75) is 44.7 Å². The van der Waals surface area contributed by atoms with Crippen molar-refractivity contribution in [1.29, 1.82) is 0 Å². The van der Waals surface area contributed by atoms with Crippen LogP contribution in [0.1, 0.15) is 37.7 Å². The van der Waals surface area contributed by atoms with Gasteiger partial charge in [0.25, 0.3) is 10.2 Å². The largest absolute Gasteiger partial charge is 0.299 e. The zero-order valence-corrected chi connectivity index (χ0v) is 15.5. The second-order valence-electron chi connectivity index (χ2n) is 6.76. The summed E-state index contributed by atoms with van der Waals surface area (Å²) in [6.45, 7) is 4.03. The highest BCUT2D eigenvalue weighted by Crippen LogP contribution is 2.18. The van der Waals surface area contributed by atoms with E-state index in [2.05, 4.69) is 9.62 Å². The molecule has 0 unspecified atom stereocenters. The molecule has 3 rings (SSSR count). The van der Waals surface area contributed by atoms with Crippen molar-refractivity contribution in [2.75, 3.05) is 26.2 Å². The third kappa shape index (κ3) is 4.92. The second-order valence-corrected chi connectivity index (χ2v) is 8.90. The average molecular weight is 372 g/mol. The molecule has 5 nitrogen and oxygen atoms in total. The zero-order chi connectivity index (χ0) is 17.0. The minimum Gasteiger partial charge on any atom is -0.299 e. The smallest absolute Gasteiger partial charge is 0.279 e. The summed E-state index contributed by atoms with van der Waals surface area (Å²) in [5.74, 6) is 0. The maximum absolute atomic E-state index is 12.4. The van der Waals surface area contributed by atoms with Gasteiger partial charge in [-0.2, -0.15) is 17.4 Å². The summed E-state index contributed by atoms with van der Waals surface area (Å²) >= 11 is 5.92. The van der Waals surface area contributed by atoms with E-state index in [4.69, 9.17) is 11.6 Å². The van der Waals surface area contributed by atoms with Crippen LogP contribution in [0.15, 0.2) is 24.3 Å². The van der Waals surface area contributed by atoms with E-state index in [1.807, 2.05) is 24.3 Å². The van der Waals surface area contributed by atoms with Crippen LogP contribution in [0.5, 0.6) is 0 Å². The van der Waals surface area contributed by atoms with Gasteiger partial charge in [-0.3, -0.25) is 4.90 Å². The first-order valence-corrected chi connectivity index (χ1v) is 10.6. The lowest BCUT2D eigenvalue weighted by Crippen LogP contribution is -2.50. The predicted molar refractivity (Wildman–Crippen MR) is 97.2 cm³/mol. The van der Waals surface area contributed by atoms with Crippen LogP contribution in [0.2, 0.25) is 5.02 Å². The van der Waals surface area contributed by atoms with Crippen LogP contribution < -0.4 is 4.72 Å². The monoisotopic (exact) mass is 371 g/mol. The van der Waals surface area contributed by atoms with E-state index < -0.39 is 10.2 Å². The van der Waals surface area contributed by atoms with Crippen molar-refractivity contribution in [3.63, 3.8) is 0 Å². The molecule has 0 saturated carbocycles. The third-order valence-electron chi connectivity index (χ3n) is 4.88. The SMILES string of the molecule is O=S(=O)(NC1CCN(Cc2ccc(Cl)cc2)CC1)N1CCCCC1. The minimum atomic E-state index is -3.31. The van der Waals surface area contributed by atoms with Crippen molar-refractivity contribution in [1.82, 2.24) is 13.9 Å². The molecule has 24 heavy (non-hydrogen) atoms. The molecule has 0 spiro atoms. The van der Waals surface area contributed by atoms with Gasteiger partial charge in [0.1, 0.15) is 0 Å². The van der Waals surface area contributed by atoms with Gasteiger partial charge in [0, 0.05) is 43.8 Å². The van der Waals surface area contributed by atoms with E-state index in [0.717, 1.165) is 56.8 Å². The van der Waals surface area contributed by atoms with Crippen LogP contribution in [0, 0.1) is 0 Å². The van der Waals surface area contributed by atoms with Gasteiger partial charge in [-0.15, -0.1) is 0 Å². The van der Waals surface area contributed by atoms with Crippen molar-refractivity contribution in [3.05, 3.63) is 34.9 Å². The molecule has 2 fully saturated rings. The fourth-order valence-corrected chi connectivity index (χ4v) is 5.12. The molecule has 2 aliphatic rings. The normalized spacial score (nSPS) is 21.9. The van der Waals surface area contributed by atoms with Crippen molar-refractivity contribution >= 4 is 21.8 Å². The summed E-state index contributed by atoms with van der Waals surface area (Å²) in [6.07, 6.45) is 4.80. The van der Waals surface area contributed by atoms with Gasteiger partial charge in [0.15, 0.2) is 0 Å². The van der Waals surface area contributed by atoms with Gasteiger partial charge in [0.2, 0.25) is 0 Å². The molecular formula is C17H26ClN3O2S. The van der Waals surface area contributed by atoms with Crippen molar-refractivity contribution < 1.29 is 8.42 Å². The third-order valence-corrected chi connectivity index (χ3v) is 6.81. The molecular weight excluding hydrogens is 346 g/mol. The van der Waals surface area contributed by atoms with E-state index in [-0.39, 0.29) is 6.04 Å². The molecule has 7 heteroatoms. The first kappa shape index (κ1) is 18.1. The fraction of sp³-hybridized carbons (Fsp3) is 0.647. The minimum absolute atomic E-state index is 0.0541. The Morgan fingerprint density at radius 2 is 1.62 bits per heavy atom. The van der Waals surface area contributed by atoms with Crippen LogP contribution in [0.25, 0.3) is 0 Å². The molecule has 1 aromatic carbocycles. The van der Waals surface area contributed by atoms with Crippen molar-refractivity contribution in [3.8, 4) is 0 Å². The van der Waals surface area contributed by atoms with Crippen LogP contribution in [0.3, 0.4) is 0 Å². The summed E-state index contributed by atoms with van der Waals surface area (Å²) in [4.78, 5) is 2.37. The molecule has 2 saturated heterocycles. The van der Waals surface area contributed by atoms with Gasteiger partial charge in [0.05, 0.1) is 0 Å². The molecule has 0 amide bonds. The fourth-order valence-electron chi connectivity index (χ4n) is 3.45. The Labute approximate surface area is 150 Å². The Morgan fingerprint density at radius 1 is 1.00 bits per heavy atom. The number of nitrogens with one attached hydrogen (secondary N) is 1. The lowest BCUT2D eigenvalue weighted by molar-refractivity contribution is 0.198. The first-order valence-electron chi connectivity index (χ1n) is 8.77. The number of hydrogen-bond acceptors (Lipinski definition) is 3. The molecule has 2 aliphatic heterocycles. The number of likely N-dealkylation sites (tertiary alicyclic amines) is 1. The van der Waals surface area contributed by atoms with Gasteiger partial charge < -0.3 is 0 Å². The molecule has 0 aliphatic carbocycles. The zero-order valence-electron chi connectivity index (χ0n) is 14.0. The van der Waals surface area contributed by atoms with Crippen LogP contribution in [0.4, 0.5) is 0 Å². The average Bonchev–Trinajstić information content (AvgIpc) is 2.59. The maximum Gasteiger partial charge on any atom is 0.279 e. The second kappa shape index (κ2) is 8.15. The van der Waals surface area contributed by atoms with Gasteiger partial charge >= 0.3 is 0 Å². The highest BCUT2D eigenvalue weighted by molar-refractivity contribution is 7.87. The first-order chi connectivity index (χ1) is 11.5. The summed E-state index contributed by atoms with van der Waals surface area (Å²) in [7, 11) is -3.31. The number of nitrogens with zero attached hydrogens (tertiary/aromatic N) is 2. The number of piperidine rings is 2. The van der Waals surface area contributed by atoms with E-state index in [1.54, 1.807) is 4.31 Å². The highest BCUT2D eigenvalue weighted by Gasteiger charge is 2.28. The van der Waals surface area contributed by atoms with E-state index >= 15 is 0 Å². The van der Waals surface area contributed by atoms with Crippen LogP contribution in [-0.2, 0) is 16.8 Å². The molecule has 134 valence electrons. The number of benzene rings is 1. The lowest BCUT2D eigenvalue weighted by atomic mass is 10.1. The topological polar surface area (TPSA) is 52.7 Å². The molecule has 2 heterocycles. The van der Waals surface area contributed by atoms with E-state index in [0.29, 0.717) is 13.1 Å². The number of rotatable bonds is 5. The highest BCUT2D eigenvalue weighted by atomic mass is 35.5. The Bertz CT molecular complexity index is 622. The van der Waals surface area contributed by atoms with Gasteiger partial charge in [-0.05, 0) is 43.4 Å². The summed E-state index contributed by atoms with van der Waals surface area (Å²) in [5, 5.41) is 0.754. The quantitative estimate of drug-likeness (QED) is 0.865. The Hall–Kier alpha value is -0.660. The summed E-state index contributed by atoms with van der Waals surface area (Å²) in [6, 6.07) is 7.98. The summed E-state index contributed by atoms with van der Waals surface area (Å²) in [5.41, 5.74) is 1.24. The van der Waals surface area contributed by atoms with Crippen LogP contribution in [-0.4, -0.2) is 49.8 Å². The van der Waals surface area contributed by atoms with Crippen molar-refractivity contribution in [2.24, 2.45) is 0 Å².